The topological polar surface area (TPSA) is 76.5 Å². The molecule has 33 heavy (non-hydrogen) atoms. The van der Waals surface area contributed by atoms with Gasteiger partial charge in [-0.25, -0.2) is 9.48 Å². The summed E-state index contributed by atoms with van der Waals surface area (Å²) in [5, 5.41) is 7.56. The van der Waals surface area contributed by atoms with Crippen LogP contribution >= 0.6 is 0 Å². The predicted molar refractivity (Wildman–Crippen MR) is 128 cm³/mol. The number of nitrogens with zero attached hydrogens (tertiary/aromatic N) is 3. The second-order valence-electron chi connectivity index (χ2n) is 9.25. The van der Waals surface area contributed by atoms with Gasteiger partial charge < -0.3 is 15.0 Å². The fourth-order valence-corrected chi connectivity index (χ4v) is 4.08. The van der Waals surface area contributed by atoms with Crippen molar-refractivity contribution in [2.75, 3.05) is 18.4 Å². The standard InChI is InChI=1S/C26H30N4O3/c1-26(2,3)33-25(32)29-16-14-19(15-17-29)23-22(24(31)28-20-10-6-4-7-11-20)18-27-30(23)21-12-8-5-9-13-21/h4-13,18-19H,14-17H2,1-3H3,(H,28,31). The van der Waals surface area contributed by atoms with Crippen LogP contribution in [0.15, 0.2) is 66.9 Å². The normalized spacial score (nSPS) is 14.7. The molecule has 2 amide bonds. The molecule has 1 N–H and O–H groups in total. The van der Waals surface area contributed by atoms with Crippen molar-refractivity contribution in [2.24, 2.45) is 0 Å². The molecule has 1 aromatic heterocycles. The van der Waals surface area contributed by atoms with E-state index in [1.54, 1.807) is 11.1 Å². The molecule has 7 heteroatoms. The molecule has 0 saturated carbocycles. The molecule has 1 aliphatic heterocycles. The number of piperidine rings is 1. The van der Waals surface area contributed by atoms with Gasteiger partial charge in [0.15, 0.2) is 0 Å². The first kappa shape index (κ1) is 22.6. The molecule has 2 heterocycles. The highest BCUT2D eigenvalue weighted by Gasteiger charge is 2.32. The maximum absolute atomic E-state index is 13.2. The quantitative estimate of drug-likeness (QED) is 0.595. The molecular weight excluding hydrogens is 416 g/mol. The zero-order valence-electron chi connectivity index (χ0n) is 19.3. The summed E-state index contributed by atoms with van der Waals surface area (Å²) < 4.78 is 7.38. The lowest BCUT2D eigenvalue weighted by Crippen LogP contribution is -2.41. The van der Waals surface area contributed by atoms with Gasteiger partial charge in [0.25, 0.3) is 5.91 Å². The second-order valence-corrected chi connectivity index (χ2v) is 9.25. The van der Waals surface area contributed by atoms with Gasteiger partial charge in [-0.3, -0.25) is 4.79 Å². The Labute approximate surface area is 194 Å². The first-order valence-corrected chi connectivity index (χ1v) is 11.3. The van der Waals surface area contributed by atoms with E-state index in [1.807, 2.05) is 86.1 Å². The number of aromatic nitrogens is 2. The van der Waals surface area contributed by atoms with Gasteiger partial charge in [0, 0.05) is 24.7 Å². The number of nitrogens with one attached hydrogen (secondary N) is 1. The van der Waals surface area contributed by atoms with Crippen molar-refractivity contribution in [2.45, 2.75) is 45.1 Å². The van der Waals surface area contributed by atoms with Crippen LogP contribution in [0.3, 0.4) is 0 Å². The molecule has 0 aliphatic carbocycles. The van der Waals surface area contributed by atoms with Crippen molar-refractivity contribution in [3.05, 3.63) is 78.1 Å². The van der Waals surface area contributed by atoms with E-state index in [2.05, 4.69) is 10.4 Å². The van der Waals surface area contributed by atoms with Crippen molar-refractivity contribution < 1.29 is 14.3 Å². The minimum Gasteiger partial charge on any atom is -0.444 e. The van der Waals surface area contributed by atoms with E-state index in [0.717, 1.165) is 29.9 Å². The third kappa shape index (κ3) is 5.42. The number of ether oxygens (including phenoxy) is 1. The Morgan fingerprint density at radius 2 is 1.58 bits per heavy atom. The predicted octanol–water partition coefficient (Wildman–Crippen LogP) is 5.24. The van der Waals surface area contributed by atoms with Crippen LogP contribution in [-0.4, -0.2) is 45.4 Å². The highest BCUT2D eigenvalue weighted by molar-refractivity contribution is 6.05. The van der Waals surface area contributed by atoms with E-state index in [-0.39, 0.29) is 17.9 Å². The summed E-state index contributed by atoms with van der Waals surface area (Å²) in [4.78, 5) is 27.4. The molecule has 172 valence electrons. The Hall–Kier alpha value is -3.61. The number of carbonyl (C=O) groups is 2. The van der Waals surface area contributed by atoms with Crippen LogP contribution in [0.2, 0.25) is 0 Å². The molecule has 0 spiro atoms. The third-order valence-electron chi connectivity index (χ3n) is 5.62. The van der Waals surface area contributed by atoms with Gasteiger partial charge in [-0.15, -0.1) is 0 Å². The molecule has 2 aromatic carbocycles. The van der Waals surface area contributed by atoms with E-state index < -0.39 is 5.60 Å². The van der Waals surface area contributed by atoms with Crippen LogP contribution in [-0.2, 0) is 4.74 Å². The van der Waals surface area contributed by atoms with Crippen LogP contribution in [0.4, 0.5) is 10.5 Å². The van der Waals surface area contributed by atoms with Gasteiger partial charge in [0.1, 0.15) is 5.60 Å². The summed E-state index contributed by atoms with van der Waals surface area (Å²) in [5.74, 6) is -0.101. The lowest BCUT2D eigenvalue weighted by atomic mass is 9.91. The SMILES string of the molecule is CC(C)(C)OC(=O)N1CCC(c2c(C(=O)Nc3ccccc3)cnn2-c2ccccc2)CC1. The molecule has 0 unspecified atom stereocenters. The first-order chi connectivity index (χ1) is 15.8. The molecule has 0 radical (unpaired) electrons. The smallest absolute Gasteiger partial charge is 0.410 e. The van der Waals surface area contributed by atoms with Crippen LogP contribution < -0.4 is 5.32 Å². The van der Waals surface area contributed by atoms with Crippen LogP contribution in [0.1, 0.15) is 55.6 Å². The van der Waals surface area contributed by atoms with Gasteiger partial charge in [-0.05, 0) is 57.9 Å². The number of para-hydroxylation sites is 2. The van der Waals surface area contributed by atoms with Crippen molar-refractivity contribution in [3.63, 3.8) is 0 Å². The number of rotatable bonds is 4. The maximum atomic E-state index is 13.2. The number of likely N-dealkylation sites (tertiary alicyclic amines) is 1. The summed E-state index contributed by atoms with van der Waals surface area (Å²) in [6.07, 6.45) is 2.80. The maximum Gasteiger partial charge on any atom is 0.410 e. The van der Waals surface area contributed by atoms with Gasteiger partial charge in [-0.2, -0.15) is 5.10 Å². The molecule has 0 atom stereocenters. The molecule has 3 aromatic rings. The highest BCUT2D eigenvalue weighted by Crippen LogP contribution is 2.33. The molecule has 1 aliphatic rings. The number of hydrogen-bond donors (Lipinski definition) is 1. The number of anilines is 1. The Bertz CT molecular complexity index is 1100. The average Bonchev–Trinajstić information content (AvgIpc) is 3.25. The number of benzene rings is 2. The van der Waals surface area contributed by atoms with Gasteiger partial charge in [0.05, 0.1) is 23.1 Å². The Kier molecular flexibility index (Phi) is 6.49. The van der Waals surface area contributed by atoms with E-state index in [4.69, 9.17) is 4.74 Å². The van der Waals surface area contributed by atoms with E-state index in [0.29, 0.717) is 18.7 Å². The van der Waals surface area contributed by atoms with E-state index >= 15 is 0 Å². The summed E-state index contributed by atoms with van der Waals surface area (Å²) in [6.45, 7) is 6.74. The number of hydrogen-bond acceptors (Lipinski definition) is 4. The van der Waals surface area contributed by atoms with Crippen LogP contribution in [0.5, 0.6) is 0 Å². The first-order valence-electron chi connectivity index (χ1n) is 11.3. The fourth-order valence-electron chi connectivity index (χ4n) is 4.08. The summed E-state index contributed by atoms with van der Waals surface area (Å²) in [5.41, 5.74) is 2.54. The van der Waals surface area contributed by atoms with Crippen molar-refractivity contribution in [1.29, 1.82) is 0 Å². The Morgan fingerprint density at radius 1 is 0.970 bits per heavy atom. The molecule has 1 saturated heterocycles. The van der Waals surface area contributed by atoms with Gasteiger partial charge >= 0.3 is 6.09 Å². The second kappa shape index (κ2) is 9.48. The van der Waals surface area contributed by atoms with Crippen LogP contribution in [0, 0.1) is 0 Å². The molecule has 1 fully saturated rings. The zero-order valence-corrected chi connectivity index (χ0v) is 19.3. The van der Waals surface area contributed by atoms with E-state index in [1.165, 1.54) is 0 Å². The van der Waals surface area contributed by atoms with E-state index in [9.17, 15) is 9.59 Å². The summed E-state index contributed by atoms with van der Waals surface area (Å²) >= 11 is 0. The lowest BCUT2D eigenvalue weighted by molar-refractivity contribution is 0.0203. The summed E-state index contributed by atoms with van der Waals surface area (Å²) in [6, 6.07) is 19.2. The largest absolute Gasteiger partial charge is 0.444 e. The molecule has 0 bridgehead atoms. The Balaban J connectivity index is 1.59. The number of amides is 2. The van der Waals surface area contributed by atoms with Crippen molar-refractivity contribution in [1.82, 2.24) is 14.7 Å². The zero-order chi connectivity index (χ0) is 23.4. The number of carbonyl (C=O) groups excluding carboxylic acids is 2. The Morgan fingerprint density at radius 3 is 2.18 bits per heavy atom. The molecular formula is C26H30N4O3. The monoisotopic (exact) mass is 446 g/mol. The minimum absolute atomic E-state index is 0.0860. The third-order valence-corrected chi connectivity index (χ3v) is 5.62. The fraction of sp³-hybridized carbons (Fsp3) is 0.346. The summed E-state index contributed by atoms with van der Waals surface area (Å²) in [7, 11) is 0. The van der Waals surface area contributed by atoms with Crippen LogP contribution in [0.25, 0.3) is 5.69 Å². The minimum atomic E-state index is -0.525. The van der Waals surface area contributed by atoms with Crippen molar-refractivity contribution in [3.8, 4) is 5.69 Å². The van der Waals surface area contributed by atoms with Crippen molar-refractivity contribution >= 4 is 17.7 Å². The molecule has 4 rings (SSSR count). The average molecular weight is 447 g/mol. The molecule has 7 nitrogen and oxygen atoms in total. The van der Waals surface area contributed by atoms with Gasteiger partial charge in [-0.1, -0.05) is 36.4 Å². The van der Waals surface area contributed by atoms with Gasteiger partial charge in [0.2, 0.25) is 0 Å². The highest BCUT2D eigenvalue weighted by atomic mass is 16.6. The lowest BCUT2D eigenvalue weighted by Gasteiger charge is -2.34.